The molecule has 3 heterocycles. The van der Waals surface area contributed by atoms with Crippen LogP contribution < -0.4 is 4.74 Å². The first-order valence-electron chi connectivity index (χ1n) is 13.6. The van der Waals surface area contributed by atoms with Gasteiger partial charge >= 0.3 is 5.97 Å². The highest BCUT2D eigenvalue weighted by Crippen LogP contribution is 2.52. The van der Waals surface area contributed by atoms with E-state index in [2.05, 4.69) is 0 Å². The molecule has 2 bridgehead atoms. The SMILES string of the molecule is O=C(Cc1ccccc1)OC1C2CC[N+](CCCOc3ccccc3)(CC2)[C@@]1(O)C1CCCCC1. The number of ether oxygens (including phenoxy) is 2. The van der Waals surface area contributed by atoms with Crippen molar-refractivity contribution in [2.24, 2.45) is 11.8 Å². The average Bonchev–Trinajstić information content (AvgIpc) is 2.91. The lowest BCUT2D eigenvalue weighted by Crippen LogP contribution is -2.81. The first-order valence-corrected chi connectivity index (χ1v) is 13.6. The summed E-state index contributed by atoms with van der Waals surface area (Å²) in [6.07, 6.45) is 8.33. The number of carbonyl (C=O) groups is 1. The molecule has 0 amide bonds. The number of esters is 1. The lowest BCUT2D eigenvalue weighted by molar-refractivity contribution is -1.02. The van der Waals surface area contributed by atoms with Crippen LogP contribution in [0, 0.1) is 11.8 Å². The van der Waals surface area contributed by atoms with Gasteiger partial charge in [0.1, 0.15) is 5.75 Å². The molecule has 5 heteroatoms. The molecular formula is C30H40NO4+. The van der Waals surface area contributed by atoms with Crippen molar-refractivity contribution in [2.45, 2.75) is 69.6 Å². The number of benzene rings is 2. The quantitative estimate of drug-likeness (QED) is 0.309. The number of quaternary nitrogens is 1. The van der Waals surface area contributed by atoms with Crippen LogP contribution in [0.1, 0.15) is 56.9 Å². The van der Waals surface area contributed by atoms with E-state index in [-0.39, 0.29) is 24.2 Å². The van der Waals surface area contributed by atoms with Gasteiger partial charge in [-0.3, -0.25) is 9.28 Å². The average molecular weight is 479 g/mol. The Hall–Kier alpha value is -2.37. The largest absolute Gasteiger partial charge is 0.493 e. The summed E-state index contributed by atoms with van der Waals surface area (Å²) in [5.41, 5.74) is -0.0392. The molecule has 0 aromatic heterocycles. The third-order valence-corrected chi connectivity index (χ3v) is 8.86. The molecule has 1 N–H and O–H groups in total. The summed E-state index contributed by atoms with van der Waals surface area (Å²) in [5, 5.41) is 12.7. The summed E-state index contributed by atoms with van der Waals surface area (Å²) in [4.78, 5) is 13.1. The van der Waals surface area contributed by atoms with Crippen molar-refractivity contribution in [3.8, 4) is 5.75 Å². The summed E-state index contributed by atoms with van der Waals surface area (Å²) in [6, 6.07) is 19.7. The maximum Gasteiger partial charge on any atom is 0.310 e. The topological polar surface area (TPSA) is 55.8 Å². The van der Waals surface area contributed by atoms with Gasteiger partial charge in [0.25, 0.3) is 0 Å². The fraction of sp³-hybridized carbons (Fsp3) is 0.567. The number of carbonyl (C=O) groups excluding carboxylic acids is 1. The summed E-state index contributed by atoms with van der Waals surface area (Å²) in [7, 11) is 0. The van der Waals surface area contributed by atoms with Crippen LogP contribution >= 0.6 is 0 Å². The highest BCUT2D eigenvalue weighted by molar-refractivity contribution is 5.72. The van der Waals surface area contributed by atoms with E-state index in [4.69, 9.17) is 9.47 Å². The third kappa shape index (κ3) is 4.99. The summed E-state index contributed by atoms with van der Waals surface area (Å²) >= 11 is 0. The molecule has 4 fully saturated rings. The zero-order chi connectivity index (χ0) is 24.1. The highest BCUT2D eigenvalue weighted by Gasteiger charge is 2.68. The minimum absolute atomic E-state index is 0.184. The van der Waals surface area contributed by atoms with Crippen LogP contribution in [-0.2, 0) is 16.0 Å². The van der Waals surface area contributed by atoms with Crippen LogP contribution in [-0.4, -0.2) is 53.6 Å². The first kappa shape index (κ1) is 24.3. The number of fused-ring (bicyclic) bond motifs is 3. The molecule has 2 aromatic carbocycles. The summed E-state index contributed by atoms with van der Waals surface area (Å²) in [5.74, 6) is 1.11. The van der Waals surface area contributed by atoms with Crippen LogP contribution in [0.3, 0.4) is 0 Å². The maximum atomic E-state index is 13.1. The lowest BCUT2D eigenvalue weighted by atomic mass is 9.67. The van der Waals surface area contributed by atoms with Crippen LogP contribution in [0.4, 0.5) is 0 Å². The standard InChI is InChI=1S/C30H40NO4/c32-28(23-24-11-4-1-5-12-24)35-29-25-17-20-31(21-18-25,30(29,33)26-13-6-2-7-14-26)19-10-22-34-27-15-8-3-9-16-27/h1,3-5,8-9,11-12,15-16,25-26,29,33H,2,6-7,10,13-14,17-23H2/q+1/t25?,29?,30-,31?/m1/s1. The first-order chi connectivity index (χ1) is 17.1. The van der Waals surface area contributed by atoms with Gasteiger partial charge < -0.3 is 14.6 Å². The molecule has 3 saturated heterocycles. The Morgan fingerprint density at radius 3 is 2.26 bits per heavy atom. The normalized spacial score (nSPS) is 30.7. The monoisotopic (exact) mass is 478 g/mol. The van der Waals surface area contributed by atoms with Crippen molar-refractivity contribution in [1.82, 2.24) is 0 Å². The third-order valence-electron chi connectivity index (χ3n) is 8.86. The van der Waals surface area contributed by atoms with E-state index in [0.29, 0.717) is 11.1 Å². The predicted molar refractivity (Wildman–Crippen MR) is 136 cm³/mol. The van der Waals surface area contributed by atoms with Crippen molar-refractivity contribution in [2.75, 3.05) is 26.2 Å². The molecule has 1 aliphatic carbocycles. The van der Waals surface area contributed by atoms with Crippen LogP contribution in [0.25, 0.3) is 0 Å². The molecule has 4 aliphatic rings. The predicted octanol–water partition coefficient (Wildman–Crippen LogP) is 5.12. The summed E-state index contributed by atoms with van der Waals surface area (Å²) < 4.78 is 12.9. The molecule has 2 atom stereocenters. The number of hydrogen-bond donors (Lipinski definition) is 1. The molecule has 5 nitrogen and oxygen atoms in total. The Labute approximate surface area is 209 Å². The number of rotatable bonds is 9. The van der Waals surface area contributed by atoms with Crippen molar-refractivity contribution < 1.29 is 23.9 Å². The molecule has 2 aromatic rings. The number of aliphatic hydroxyl groups is 1. The minimum Gasteiger partial charge on any atom is -0.493 e. The van der Waals surface area contributed by atoms with Gasteiger partial charge in [-0.1, -0.05) is 67.8 Å². The fourth-order valence-electron chi connectivity index (χ4n) is 7.11. The van der Waals surface area contributed by atoms with E-state index in [1.807, 2.05) is 60.7 Å². The Bertz CT molecular complexity index is 951. The Morgan fingerprint density at radius 1 is 0.914 bits per heavy atom. The van der Waals surface area contributed by atoms with E-state index >= 15 is 0 Å². The number of piperidine rings is 3. The van der Waals surface area contributed by atoms with Gasteiger partial charge in [-0.05, 0) is 30.5 Å². The molecule has 188 valence electrons. The van der Waals surface area contributed by atoms with Crippen molar-refractivity contribution in [1.29, 1.82) is 0 Å². The Morgan fingerprint density at radius 2 is 1.57 bits per heavy atom. The van der Waals surface area contributed by atoms with Crippen molar-refractivity contribution in [3.05, 3.63) is 66.2 Å². The molecule has 0 spiro atoms. The van der Waals surface area contributed by atoms with E-state index in [0.717, 1.165) is 75.9 Å². The molecule has 1 saturated carbocycles. The van der Waals surface area contributed by atoms with Gasteiger partial charge in [-0.15, -0.1) is 0 Å². The maximum absolute atomic E-state index is 13.1. The van der Waals surface area contributed by atoms with Crippen LogP contribution in [0.2, 0.25) is 0 Å². The van der Waals surface area contributed by atoms with E-state index in [1.165, 1.54) is 6.42 Å². The van der Waals surface area contributed by atoms with E-state index in [9.17, 15) is 9.90 Å². The summed E-state index contributed by atoms with van der Waals surface area (Å²) in [6.45, 7) is 3.43. The van der Waals surface area contributed by atoms with Crippen LogP contribution in [0.15, 0.2) is 60.7 Å². The smallest absolute Gasteiger partial charge is 0.310 e. The molecule has 6 rings (SSSR count). The molecule has 1 unspecified atom stereocenters. The van der Waals surface area contributed by atoms with E-state index in [1.54, 1.807) is 0 Å². The minimum atomic E-state index is -0.999. The highest BCUT2D eigenvalue weighted by atomic mass is 16.6. The number of nitrogens with zero attached hydrogens (tertiary/aromatic N) is 1. The second kappa shape index (κ2) is 10.7. The molecule has 35 heavy (non-hydrogen) atoms. The molecular weight excluding hydrogens is 438 g/mol. The van der Waals surface area contributed by atoms with Gasteiger partial charge in [-0.25, -0.2) is 0 Å². The second-order valence-corrected chi connectivity index (χ2v) is 10.9. The van der Waals surface area contributed by atoms with Crippen LogP contribution in [0.5, 0.6) is 5.75 Å². The zero-order valence-electron chi connectivity index (χ0n) is 20.8. The Balaban J connectivity index is 1.33. The van der Waals surface area contributed by atoms with Gasteiger partial charge in [0, 0.05) is 31.1 Å². The number of hydrogen-bond acceptors (Lipinski definition) is 4. The fourth-order valence-corrected chi connectivity index (χ4v) is 7.11. The second-order valence-electron chi connectivity index (χ2n) is 10.9. The lowest BCUT2D eigenvalue weighted by Gasteiger charge is -2.64. The van der Waals surface area contributed by atoms with Gasteiger partial charge in [0.15, 0.2) is 6.10 Å². The molecule has 3 aliphatic heterocycles. The van der Waals surface area contributed by atoms with Gasteiger partial charge in [-0.2, -0.15) is 0 Å². The van der Waals surface area contributed by atoms with Gasteiger partial charge in [0.2, 0.25) is 5.72 Å². The van der Waals surface area contributed by atoms with Crippen molar-refractivity contribution in [3.63, 3.8) is 0 Å². The number of para-hydroxylation sites is 1. The molecule has 0 radical (unpaired) electrons. The van der Waals surface area contributed by atoms with Crippen molar-refractivity contribution >= 4 is 5.97 Å². The van der Waals surface area contributed by atoms with E-state index < -0.39 is 11.8 Å². The van der Waals surface area contributed by atoms with Gasteiger partial charge in [0.05, 0.1) is 32.7 Å². The Kier molecular flexibility index (Phi) is 7.45. The zero-order valence-corrected chi connectivity index (χ0v) is 20.8.